The molecule has 0 spiro atoms. The van der Waals surface area contributed by atoms with Gasteiger partial charge >= 0.3 is 6.85 Å². The quantitative estimate of drug-likeness (QED) is 0.160. The van der Waals surface area contributed by atoms with Crippen LogP contribution in [0, 0.1) is 0 Å². The molecule has 0 atom stereocenters. The van der Waals surface area contributed by atoms with Crippen molar-refractivity contribution in [2.24, 2.45) is 0 Å². The van der Waals surface area contributed by atoms with Crippen molar-refractivity contribution in [1.82, 2.24) is 4.48 Å². The summed E-state index contributed by atoms with van der Waals surface area (Å²) in [4.78, 5) is 5.42. The van der Waals surface area contributed by atoms with Crippen LogP contribution in [-0.4, -0.2) is 11.3 Å². The lowest BCUT2D eigenvalue weighted by Gasteiger charge is -2.44. The molecule has 4 heteroatoms. The van der Waals surface area contributed by atoms with Crippen molar-refractivity contribution in [3.63, 3.8) is 0 Å². The van der Waals surface area contributed by atoms with Crippen molar-refractivity contribution >= 4 is 57.5 Å². The minimum Gasteiger partial charge on any atom is -0.375 e. The maximum Gasteiger partial charge on any atom is 0.333 e. The molecule has 0 bridgehead atoms. The fraction of sp³-hybridized carbons (Fsp3) is 0.206. The van der Waals surface area contributed by atoms with Gasteiger partial charge in [0.05, 0.1) is 5.69 Å². The predicted molar refractivity (Wildman–Crippen MR) is 284 cm³/mol. The van der Waals surface area contributed by atoms with Crippen LogP contribution >= 0.6 is 11.8 Å². The first-order chi connectivity index (χ1) is 32.2. The van der Waals surface area contributed by atoms with E-state index in [2.05, 4.69) is 229 Å². The van der Waals surface area contributed by atoms with E-state index in [0.29, 0.717) is 0 Å². The summed E-state index contributed by atoms with van der Waals surface area (Å²) >= 11 is 1.95. The zero-order valence-electron chi connectivity index (χ0n) is 39.9. The Morgan fingerprint density at radius 2 is 1.13 bits per heavy atom. The number of fused-ring (bicyclic) bond motifs is 15. The van der Waals surface area contributed by atoms with E-state index in [9.17, 15) is 0 Å². The summed E-state index contributed by atoms with van der Waals surface area (Å²) in [5.74, 6) is 0. The van der Waals surface area contributed by atoms with Crippen molar-refractivity contribution in [3.8, 4) is 44.6 Å². The van der Waals surface area contributed by atoms with Gasteiger partial charge in [-0.1, -0.05) is 195 Å². The highest BCUT2D eigenvalue weighted by molar-refractivity contribution is 7.99. The van der Waals surface area contributed by atoms with E-state index >= 15 is 0 Å². The number of aromatic nitrogens is 1. The number of para-hydroxylation sites is 1. The summed E-state index contributed by atoms with van der Waals surface area (Å²) < 4.78 is 2.83. The number of anilines is 3. The molecule has 0 unspecified atom stereocenters. The van der Waals surface area contributed by atoms with Gasteiger partial charge < -0.3 is 9.38 Å². The van der Waals surface area contributed by atoms with Crippen molar-refractivity contribution in [2.75, 3.05) is 4.90 Å². The molecule has 324 valence electrons. The molecule has 0 fully saturated rings. The summed E-state index contributed by atoms with van der Waals surface area (Å²) in [5, 5.41) is 1.38. The fourth-order valence-electron chi connectivity index (χ4n) is 13.5. The zero-order chi connectivity index (χ0) is 45.7. The highest BCUT2D eigenvalue weighted by atomic mass is 32.2. The number of hydrogen-bond acceptors (Lipinski definition) is 2. The molecule has 3 aliphatic heterocycles. The Balaban J connectivity index is 1.19. The molecule has 8 aromatic carbocycles. The Morgan fingerprint density at radius 3 is 1.90 bits per heavy atom. The molecule has 14 rings (SSSR count). The molecule has 0 amide bonds. The van der Waals surface area contributed by atoms with Crippen LogP contribution in [-0.2, 0) is 21.7 Å². The van der Waals surface area contributed by atoms with E-state index in [4.69, 9.17) is 0 Å². The molecule has 9 aromatic rings. The second-order valence-corrected chi connectivity index (χ2v) is 23.5. The summed E-state index contributed by atoms with van der Waals surface area (Å²) in [6.07, 6.45) is 0. The van der Waals surface area contributed by atoms with Crippen LogP contribution in [0.25, 0.3) is 55.5 Å². The standard InChI is InChI=1S/C63H53BN2S/c1-60(2,3)37-30-31-49(42(32-37)36-20-11-10-12-21-36)65-50-34-47-53(67-52-29-18-17-28-46(52)61(47,4)5)35-48(50)64-57-51(65)33-43-38-22-13-15-26-44(38)62(6,7)55(43)54(57)40-24-19-25-41-56-59(66(64)58(40)41)39-23-14-16-27-45(39)63(56,8)9/h10-35H,1-9H3. The number of rotatable bonds is 2. The first-order valence-electron chi connectivity index (χ1n) is 24.2. The average molecular weight is 881 g/mol. The van der Waals surface area contributed by atoms with Crippen LogP contribution in [0.2, 0.25) is 0 Å². The molecule has 1 aromatic heterocycles. The Hall–Kier alpha value is -6.49. The van der Waals surface area contributed by atoms with E-state index in [-0.39, 0.29) is 28.5 Å². The van der Waals surface area contributed by atoms with Gasteiger partial charge in [0.25, 0.3) is 0 Å². The van der Waals surface area contributed by atoms with Crippen LogP contribution in [0.15, 0.2) is 168 Å². The summed E-state index contributed by atoms with van der Waals surface area (Å²) in [5.41, 5.74) is 27.8. The SMILES string of the molecule is CC(C)(C)c1ccc(N2c3cc4c(cc3B3c5c2cc2c(c5-c5cccc6c7c(n3c56)-c3ccccc3C7(C)C)C(C)(C)c3ccccc3-2)Sc2ccccc2C4(C)C)c(-c2ccccc2)c1. The van der Waals surface area contributed by atoms with Crippen LogP contribution < -0.4 is 15.8 Å². The predicted octanol–water partition coefficient (Wildman–Crippen LogP) is 15.4. The second kappa shape index (κ2) is 12.9. The molecular formula is C63H53BN2S. The van der Waals surface area contributed by atoms with E-state index in [1.807, 2.05) is 11.8 Å². The number of hydrogen-bond donors (Lipinski definition) is 0. The molecular weight excluding hydrogens is 828 g/mol. The van der Waals surface area contributed by atoms with Crippen molar-refractivity contribution in [2.45, 2.75) is 93.8 Å². The maximum absolute atomic E-state index is 2.83. The van der Waals surface area contributed by atoms with Gasteiger partial charge in [0, 0.05) is 70.7 Å². The molecule has 2 aliphatic carbocycles. The highest BCUT2D eigenvalue weighted by Gasteiger charge is 2.52. The normalized spacial score (nSPS) is 16.7. The van der Waals surface area contributed by atoms with Gasteiger partial charge in [-0.05, 0) is 114 Å². The number of nitrogens with zero attached hydrogens (tertiary/aromatic N) is 2. The lowest BCUT2D eigenvalue weighted by atomic mass is 9.44. The summed E-state index contributed by atoms with van der Waals surface area (Å²) in [6, 6.07) is 61.2. The molecule has 4 heterocycles. The van der Waals surface area contributed by atoms with Crippen molar-refractivity contribution in [3.05, 3.63) is 197 Å². The van der Waals surface area contributed by atoms with Crippen molar-refractivity contribution < 1.29 is 0 Å². The topological polar surface area (TPSA) is 8.17 Å². The van der Waals surface area contributed by atoms with Crippen LogP contribution in [0.4, 0.5) is 17.1 Å². The molecule has 5 aliphatic rings. The second-order valence-electron chi connectivity index (χ2n) is 22.5. The van der Waals surface area contributed by atoms with Gasteiger partial charge in [-0.3, -0.25) is 0 Å². The van der Waals surface area contributed by atoms with Gasteiger partial charge in [0.1, 0.15) is 0 Å². The third-order valence-electron chi connectivity index (χ3n) is 16.7. The Kier molecular flexibility index (Phi) is 7.66. The largest absolute Gasteiger partial charge is 0.375 e. The third-order valence-corrected chi connectivity index (χ3v) is 17.8. The minimum atomic E-state index is -0.222. The average Bonchev–Trinajstić information content (AvgIpc) is 3.88. The van der Waals surface area contributed by atoms with Crippen LogP contribution in [0.1, 0.15) is 101 Å². The molecule has 0 N–H and O–H groups in total. The summed E-state index contributed by atoms with van der Waals surface area (Å²) in [7, 11) is 0. The minimum absolute atomic E-state index is 0.0311. The van der Waals surface area contributed by atoms with Crippen LogP contribution in [0.5, 0.6) is 0 Å². The molecule has 0 radical (unpaired) electrons. The van der Waals surface area contributed by atoms with Gasteiger partial charge in [-0.25, -0.2) is 0 Å². The van der Waals surface area contributed by atoms with E-state index in [1.165, 1.54) is 132 Å². The van der Waals surface area contributed by atoms with E-state index < -0.39 is 0 Å². The number of benzene rings is 8. The summed E-state index contributed by atoms with van der Waals surface area (Å²) in [6.45, 7) is 21.7. The fourth-order valence-corrected chi connectivity index (χ4v) is 15.0. The molecule has 67 heavy (non-hydrogen) atoms. The lowest BCUT2D eigenvalue weighted by molar-refractivity contribution is 0.590. The Morgan fingerprint density at radius 1 is 0.478 bits per heavy atom. The highest BCUT2D eigenvalue weighted by Crippen LogP contribution is 2.61. The van der Waals surface area contributed by atoms with E-state index in [0.717, 1.165) is 0 Å². The lowest BCUT2D eigenvalue weighted by Crippen LogP contribution is -2.57. The van der Waals surface area contributed by atoms with Gasteiger partial charge in [0.15, 0.2) is 0 Å². The van der Waals surface area contributed by atoms with Crippen molar-refractivity contribution in [1.29, 1.82) is 0 Å². The molecule has 0 saturated carbocycles. The third kappa shape index (κ3) is 4.95. The monoisotopic (exact) mass is 880 g/mol. The Labute approximate surface area is 399 Å². The zero-order valence-corrected chi connectivity index (χ0v) is 40.7. The smallest absolute Gasteiger partial charge is 0.333 e. The van der Waals surface area contributed by atoms with Gasteiger partial charge in [0.2, 0.25) is 0 Å². The van der Waals surface area contributed by atoms with Gasteiger partial charge in [-0.15, -0.1) is 0 Å². The van der Waals surface area contributed by atoms with Crippen LogP contribution in [0.3, 0.4) is 0 Å². The Bertz CT molecular complexity index is 3690. The first-order valence-corrected chi connectivity index (χ1v) is 25.0. The van der Waals surface area contributed by atoms with Gasteiger partial charge in [-0.2, -0.15) is 0 Å². The first kappa shape index (κ1) is 39.7. The molecule has 0 saturated heterocycles. The maximum atomic E-state index is 2.83. The molecule has 2 nitrogen and oxygen atoms in total. The van der Waals surface area contributed by atoms with E-state index in [1.54, 1.807) is 0 Å².